The van der Waals surface area contributed by atoms with E-state index < -0.39 is 6.46 Å². The van der Waals surface area contributed by atoms with Crippen molar-refractivity contribution < 1.29 is 14.3 Å². The smallest absolute Gasteiger partial charge is 0.313 e. The van der Waals surface area contributed by atoms with Gasteiger partial charge >= 0.3 is 5.52 Å². The lowest BCUT2D eigenvalue weighted by Gasteiger charge is -2.42. The van der Waals surface area contributed by atoms with Crippen LogP contribution in [0.15, 0.2) is 12.1 Å². The molecule has 5 heteroatoms. The molecule has 0 aromatic heterocycles. The first-order valence-electron chi connectivity index (χ1n) is 11.6. The predicted molar refractivity (Wildman–Crippen MR) is 127 cm³/mol. The third-order valence-electron chi connectivity index (χ3n) is 6.60. The number of carbonyl (C=O) groups is 1. The van der Waals surface area contributed by atoms with Crippen molar-refractivity contribution in [1.29, 1.82) is 0 Å². The van der Waals surface area contributed by atoms with E-state index in [1.165, 1.54) is 38.5 Å². The molecule has 3 nitrogen and oxygen atoms in total. The maximum absolute atomic E-state index is 14.0. The molecule has 0 spiro atoms. The number of thiol groups is 1. The van der Waals surface area contributed by atoms with Gasteiger partial charge in [0.1, 0.15) is 17.1 Å². The van der Waals surface area contributed by atoms with Crippen molar-refractivity contribution in [3.63, 3.8) is 0 Å². The molecule has 2 fully saturated rings. The van der Waals surface area contributed by atoms with Crippen molar-refractivity contribution in [3.05, 3.63) is 23.3 Å². The monoisotopic (exact) mass is 437 g/mol. The maximum atomic E-state index is 14.0. The summed E-state index contributed by atoms with van der Waals surface area (Å²) in [6, 6.07) is 3.97. The van der Waals surface area contributed by atoms with Gasteiger partial charge in [0.15, 0.2) is 6.46 Å². The van der Waals surface area contributed by atoms with Gasteiger partial charge in [0.2, 0.25) is 0 Å². The molecule has 0 N–H and O–H groups in total. The molecule has 0 atom stereocenters. The molecule has 2 heterocycles. The molecule has 3 rings (SSSR count). The van der Waals surface area contributed by atoms with Crippen molar-refractivity contribution in [1.82, 2.24) is 0 Å². The van der Waals surface area contributed by atoms with Crippen LogP contribution in [-0.4, -0.2) is 30.1 Å². The van der Waals surface area contributed by atoms with E-state index in [9.17, 15) is 4.79 Å². The molecule has 0 radical (unpaired) electrons. The van der Waals surface area contributed by atoms with E-state index in [1.54, 1.807) is 0 Å². The normalized spacial score (nSPS) is 26.2. The first kappa shape index (κ1) is 22.9. The van der Waals surface area contributed by atoms with E-state index in [-0.39, 0.29) is 0 Å². The van der Waals surface area contributed by atoms with Crippen molar-refractivity contribution in [3.8, 4) is 11.5 Å². The Balaban J connectivity index is 1.94. The number of unbranched alkanes of at least 4 members (excludes halogenated alkanes) is 2. The first-order valence-corrected chi connectivity index (χ1v) is 14.7. The molecule has 0 saturated carbocycles. The van der Waals surface area contributed by atoms with Gasteiger partial charge in [-0.3, -0.25) is 0 Å². The lowest BCUT2D eigenvalue weighted by Crippen LogP contribution is -2.34. The van der Waals surface area contributed by atoms with Gasteiger partial charge in [0.05, 0.1) is 24.5 Å². The van der Waals surface area contributed by atoms with Gasteiger partial charge in [0.25, 0.3) is 0 Å². The number of aryl methyl sites for hydroxylation is 1. The molecule has 0 unspecified atom stereocenters. The highest BCUT2D eigenvalue weighted by Crippen LogP contribution is 2.80. The summed E-state index contributed by atoms with van der Waals surface area (Å²) in [5.41, 5.74) is 3.04. The van der Waals surface area contributed by atoms with Crippen molar-refractivity contribution in [2.24, 2.45) is 0 Å². The summed E-state index contributed by atoms with van der Waals surface area (Å²) < 4.78 is 12.1. The minimum Gasteiger partial charge on any atom is -0.493 e. The average Bonchev–Trinajstić information content (AvgIpc) is 2.67. The second-order valence-electron chi connectivity index (χ2n) is 8.73. The summed E-state index contributed by atoms with van der Waals surface area (Å²) in [5, 5.41) is 0. The molecule has 0 amide bonds. The number of fused-ring (bicyclic) bond motifs is 2. The van der Waals surface area contributed by atoms with E-state index in [4.69, 9.17) is 21.7 Å². The molecule has 1 aromatic carbocycles. The number of hydrogen-bond acceptors (Lipinski definition) is 4. The summed E-state index contributed by atoms with van der Waals surface area (Å²) in [6.07, 6.45) is 11.4. The maximum Gasteiger partial charge on any atom is 0.313 e. The highest BCUT2D eigenvalue weighted by molar-refractivity contribution is 8.59. The highest BCUT2D eigenvalue weighted by atomic mass is 32.7. The van der Waals surface area contributed by atoms with Gasteiger partial charge in [-0.15, -0.1) is 0 Å². The van der Waals surface area contributed by atoms with Gasteiger partial charge in [-0.25, -0.2) is 4.79 Å². The molecular formula is C24H38O3PS+. The second kappa shape index (κ2) is 10.5. The van der Waals surface area contributed by atoms with Gasteiger partial charge in [-0.1, -0.05) is 26.7 Å². The lowest BCUT2D eigenvalue weighted by atomic mass is 9.99. The van der Waals surface area contributed by atoms with Crippen molar-refractivity contribution in [2.75, 3.05) is 13.2 Å². The lowest BCUT2D eigenvalue weighted by molar-refractivity contribution is 0.107. The van der Waals surface area contributed by atoms with E-state index in [0.29, 0.717) is 35.8 Å². The minimum atomic E-state index is -1.99. The zero-order chi connectivity index (χ0) is 20.9. The number of benzene rings is 1. The summed E-state index contributed by atoms with van der Waals surface area (Å²) in [7, 11) is 0. The third-order valence-corrected chi connectivity index (χ3v) is 13.2. The van der Waals surface area contributed by atoms with Crippen LogP contribution in [0.25, 0.3) is 0 Å². The topological polar surface area (TPSA) is 35.5 Å². The molecule has 2 aliphatic heterocycles. The average molecular weight is 438 g/mol. The van der Waals surface area contributed by atoms with Crippen LogP contribution < -0.4 is 9.47 Å². The molecule has 1 aromatic rings. The zero-order valence-electron chi connectivity index (χ0n) is 18.4. The van der Waals surface area contributed by atoms with Crippen LogP contribution in [0.4, 0.5) is 0 Å². The number of hydrogen-bond donors (Lipinski definition) is 1. The summed E-state index contributed by atoms with van der Waals surface area (Å²) in [4.78, 5) is 14.0. The highest BCUT2D eigenvalue weighted by Gasteiger charge is 2.60. The Morgan fingerprint density at radius 2 is 1.55 bits per heavy atom. The Labute approximate surface area is 182 Å². The zero-order valence-corrected chi connectivity index (χ0v) is 20.2. The fourth-order valence-electron chi connectivity index (χ4n) is 4.92. The van der Waals surface area contributed by atoms with Gasteiger partial charge < -0.3 is 9.47 Å². The van der Waals surface area contributed by atoms with Gasteiger partial charge in [-0.2, -0.15) is 0 Å². The predicted octanol–water partition coefficient (Wildman–Crippen LogP) is 7.46. The Hall–Kier alpha value is -0.730. The summed E-state index contributed by atoms with van der Waals surface area (Å²) in [6.45, 7) is 5.70. The Morgan fingerprint density at radius 3 is 2.10 bits per heavy atom. The van der Waals surface area contributed by atoms with E-state index >= 15 is 0 Å². The van der Waals surface area contributed by atoms with Crippen molar-refractivity contribution in [2.45, 2.75) is 96.3 Å². The fraction of sp³-hybridized carbons (Fsp3) is 0.708. The Morgan fingerprint density at radius 1 is 1.00 bits per heavy atom. The van der Waals surface area contributed by atoms with Crippen LogP contribution in [0, 0.1) is 6.92 Å². The third kappa shape index (κ3) is 4.96. The van der Waals surface area contributed by atoms with Crippen LogP contribution in [0.1, 0.15) is 94.0 Å². The SMILES string of the molecule is CCCCOc1cc(C)c(C(=O)[P+]2(S)C3CCCC2CCC3)c(OCCCC)c1. The van der Waals surface area contributed by atoms with E-state index in [1.807, 2.05) is 19.1 Å². The fourth-order valence-corrected chi connectivity index (χ4v) is 10.8. The van der Waals surface area contributed by atoms with Gasteiger partial charge in [0, 0.05) is 18.3 Å². The van der Waals surface area contributed by atoms with Crippen LogP contribution in [-0.2, 0) is 0 Å². The van der Waals surface area contributed by atoms with Crippen molar-refractivity contribution >= 4 is 24.2 Å². The van der Waals surface area contributed by atoms with E-state index in [0.717, 1.165) is 42.6 Å². The second-order valence-corrected chi connectivity index (χ2v) is 14.1. The molecule has 162 valence electrons. The quantitative estimate of drug-likeness (QED) is 0.234. The van der Waals surface area contributed by atoms with Crippen LogP contribution in [0.3, 0.4) is 0 Å². The standard InChI is InChI=1S/C24H38O3PS/c1-4-6-14-26-19-16-18(3)23(22(17-19)27-15-7-5-2)24(25)28(29)20-10-8-11-21(28)13-9-12-20/h16-17,20-21,29H,4-15H2,1-3H3/q+1. The minimum absolute atomic E-state index is 0.291. The Bertz CT molecular complexity index is 684. The van der Waals surface area contributed by atoms with Crippen LogP contribution in [0.5, 0.6) is 11.5 Å². The number of carbonyl (C=O) groups excluding carboxylic acids is 1. The molecule has 2 bridgehead atoms. The van der Waals surface area contributed by atoms with Crippen LogP contribution >= 0.6 is 18.7 Å². The van der Waals surface area contributed by atoms with Gasteiger partial charge in [-0.05, 0) is 69.9 Å². The molecular weight excluding hydrogens is 399 g/mol. The molecule has 2 saturated heterocycles. The van der Waals surface area contributed by atoms with E-state index in [2.05, 4.69) is 13.8 Å². The largest absolute Gasteiger partial charge is 0.493 e. The number of rotatable bonds is 10. The number of ether oxygens (including phenoxy) is 2. The molecule has 2 aliphatic rings. The molecule has 0 aliphatic carbocycles. The van der Waals surface area contributed by atoms with Crippen LogP contribution in [0.2, 0.25) is 0 Å². The first-order chi connectivity index (χ1) is 14.0. The summed E-state index contributed by atoms with van der Waals surface area (Å²) >= 11 is 5.25. The Kier molecular flexibility index (Phi) is 8.33. The summed E-state index contributed by atoms with van der Waals surface area (Å²) in [5.74, 6) is 1.53. The molecule has 29 heavy (non-hydrogen) atoms.